The van der Waals surface area contributed by atoms with Crippen LogP contribution in [0.25, 0.3) is 0 Å². The normalized spacial score (nSPS) is 32.2. The average Bonchev–Trinajstić information content (AvgIpc) is 3.68. The fourth-order valence-electron chi connectivity index (χ4n) is 8.74. The van der Waals surface area contributed by atoms with Crippen LogP contribution in [0.4, 0.5) is 0 Å². The van der Waals surface area contributed by atoms with Crippen LogP contribution in [-0.2, 0) is 13.6 Å². The Morgan fingerprint density at radius 3 is 2.19 bits per heavy atom. The lowest BCUT2D eigenvalue weighted by Crippen LogP contribution is -2.49. The first-order valence-corrected chi connectivity index (χ1v) is 25.6. The molecule has 0 amide bonds. The summed E-state index contributed by atoms with van der Waals surface area (Å²) in [6.07, 6.45) is 23.1. The molecule has 4 saturated carbocycles. The Balaban J connectivity index is 1.55. The summed E-state index contributed by atoms with van der Waals surface area (Å²) in [6, 6.07) is 0. The Morgan fingerprint density at radius 2 is 1.60 bits per heavy atom. The maximum atomic E-state index is 13.2. The highest BCUT2D eigenvalue weighted by Crippen LogP contribution is 2.60. The van der Waals surface area contributed by atoms with Crippen LogP contribution in [-0.4, -0.2) is 34.6 Å². The Bertz CT molecular complexity index is 1270. The van der Waals surface area contributed by atoms with E-state index in [4.69, 9.17) is 15.4 Å². The van der Waals surface area contributed by atoms with Gasteiger partial charge in [-0.15, -0.1) is 0 Å². The van der Waals surface area contributed by atoms with Gasteiger partial charge in [-0.2, -0.15) is 0 Å². The minimum absolute atomic E-state index is 0.0126. The molecule has 4 aliphatic rings. The van der Waals surface area contributed by atoms with Gasteiger partial charge in [0, 0.05) is 11.8 Å². The highest BCUT2D eigenvalue weighted by atomic mass is 28.4. The van der Waals surface area contributed by atoms with Gasteiger partial charge < -0.3 is 8.85 Å². The fraction of sp³-hybridized carbons (Fsp3) is 0.791. The summed E-state index contributed by atoms with van der Waals surface area (Å²) in [5, 5.41) is 0.314. The summed E-state index contributed by atoms with van der Waals surface area (Å²) in [4.78, 5) is 13.2. The van der Waals surface area contributed by atoms with Crippen molar-refractivity contribution in [2.45, 2.75) is 188 Å². The predicted molar refractivity (Wildman–Crippen MR) is 211 cm³/mol. The number of fused-ring (bicyclic) bond motifs is 1. The molecule has 0 radical (unpaired) electrons. The summed E-state index contributed by atoms with van der Waals surface area (Å²) in [6.45, 7) is 35.4. The predicted octanol–water partition coefficient (Wildman–Crippen LogP) is 12.9. The van der Waals surface area contributed by atoms with Gasteiger partial charge in [0.2, 0.25) is 0 Å². The van der Waals surface area contributed by atoms with E-state index in [1.165, 1.54) is 56.1 Å². The molecule has 0 saturated heterocycles. The topological polar surface area (TPSA) is 35.5 Å². The van der Waals surface area contributed by atoms with Gasteiger partial charge in [-0.3, -0.25) is 4.79 Å². The van der Waals surface area contributed by atoms with E-state index in [2.05, 4.69) is 107 Å². The summed E-state index contributed by atoms with van der Waals surface area (Å²) >= 11 is 0. The standard InChI is InChI=1S/C43H74O3Si2/c1-15-16-26-43(27-28-43)39(44)24-19-31(2)36-22-23-37-33(18-17-25-42(36,37)10)20-21-34-29-35(45-47(11,12)40(4,5)6)30-38(32(34)3)46-48(13,14)41(7,8)9/h19-21,24,31,35-38H,3,15-18,22-23,25-30H2,1-2,4-14H3/b24-19+,33-20+,34-21-/t31-,35-,36-,37+,38+,42-/m1/s1. The number of hydrogen-bond donors (Lipinski definition) is 0. The second kappa shape index (κ2) is 14.5. The van der Waals surface area contributed by atoms with Gasteiger partial charge in [-0.05, 0) is 134 Å². The van der Waals surface area contributed by atoms with E-state index in [0.717, 1.165) is 32.1 Å². The molecule has 0 spiro atoms. The third-order valence-corrected chi connectivity index (χ3v) is 23.4. The van der Waals surface area contributed by atoms with Crippen LogP contribution in [0.1, 0.15) is 139 Å². The molecule has 6 atom stereocenters. The van der Waals surface area contributed by atoms with Crippen LogP contribution in [0.5, 0.6) is 0 Å². The molecule has 4 fully saturated rings. The van der Waals surface area contributed by atoms with Crippen molar-refractivity contribution < 1.29 is 13.6 Å². The highest BCUT2D eigenvalue weighted by molar-refractivity contribution is 6.74. The Hall–Kier alpha value is -1.02. The van der Waals surface area contributed by atoms with Crippen molar-refractivity contribution in [3.63, 3.8) is 0 Å². The SMILES string of the molecule is C=C1/C(=C\C=C2/CCC[C@]3(C)[C@@H]([C@H](C)/C=C/C(=O)C4(CCCC)CC4)CC[C@@H]23)C[C@@H](O[Si](C)(C)C(C)(C)C)C[C@@H]1O[Si](C)(C)C(C)(C)C. The van der Waals surface area contributed by atoms with Crippen molar-refractivity contribution in [1.82, 2.24) is 0 Å². The number of allylic oxidation sites excluding steroid dienone is 5. The molecule has 0 bridgehead atoms. The lowest BCUT2D eigenvalue weighted by atomic mass is 9.61. The summed E-state index contributed by atoms with van der Waals surface area (Å²) in [7, 11) is -3.93. The molecule has 3 nitrogen and oxygen atoms in total. The van der Waals surface area contributed by atoms with Crippen LogP contribution < -0.4 is 0 Å². The fourth-order valence-corrected chi connectivity index (χ4v) is 11.4. The molecule has 0 aromatic heterocycles. The van der Waals surface area contributed by atoms with E-state index in [-0.39, 0.29) is 27.7 Å². The van der Waals surface area contributed by atoms with Gasteiger partial charge in [0.05, 0.1) is 12.2 Å². The Morgan fingerprint density at radius 1 is 0.979 bits per heavy atom. The molecule has 0 heterocycles. The van der Waals surface area contributed by atoms with E-state index >= 15 is 0 Å². The third kappa shape index (κ3) is 8.53. The lowest BCUT2D eigenvalue weighted by Gasteiger charge is -2.45. The molecule has 272 valence electrons. The minimum atomic E-state index is -1.99. The van der Waals surface area contributed by atoms with Crippen LogP contribution in [0.2, 0.25) is 36.3 Å². The lowest BCUT2D eigenvalue weighted by molar-refractivity contribution is -0.119. The molecule has 4 rings (SSSR count). The molecule has 0 aromatic carbocycles. The number of carbonyl (C=O) groups excluding carboxylic acids is 1. The van der Waals surface area contributed by atoms with Crippen molar-refractivity contribution >= 4 is 22.4 Å². The van der Waals surface area contributed by atoms with Crippen molar-refractivity contribution in [3.8, 4) is 0 Å². The third-order valence-electron chi connectivity index (χ3n) is 14.3. The molecule has 48 heavy (non-hydrogen) atoms. The maximum Gasteiger partial charge on any atom is 0.192 e. The Kier molecular flexibility index (Phi) is 12.0. The number of ketones is 1. The zero-order valence-electron chi connectivity index (χ0n) is 33.6. The van der Waals surface area contributed by atoms with E-state index in [9.17, 15) is 4.79 Å². The van der Waals surface area contributed by atoms with Gasteiger partial charge in [0.15, 0.2) is 22.4 Å². The maximum absolute atomic E-state index is 13.2. The van der Waals surface area contributed by atoms with Gasteiger partial charge in [0.1, 0.15) is 0 Å². The molecule has 5 heteroatoms. The van der Waals surface area contributed by atoms with Crippen LogP contribution in [0.15, 0.2) is 47.6 Å². The quantitative estimate of drug-likeness (QED) is 0.151. The van der Waals surface area contributed by atoms with Gasteiger partial charge >= 0.3 is 0 Å². The van der Waals surface area contributed by atoms with Crippen LogP contribution >= 0.6 is 0 Å². The van der Waals surface area contributed by atoms with E-state index in [1.807, 2.05) is 6.08 Å². The number of rotatable bonds is 12. The minimum Gasteiger partial charge on any atom is -0.413 e. The van der Waals surface area contributed by atoms with Gasteiger partial charge in [-0.25, -0.2) is 0 Å². The number of hydrogen-bond acceptors (Lipinski definition) is 3. The molecule has 0 N–H and O–H groups in total. The number of unbranched alkanes of at least 4 members (excludes halogenated alkanes) is 1. The Labute approximate surface area is 299 Å². The smallest absolute Gasteiger partial charge is 0.192 e. The largest absolute Gasteiger partial charge is 0.413 e. The monoisotopic (exact) mass is 695 g/mol. The van der Waals surface area contributed by atoms with E-state index in [0.29, 0.717) is 29.0 Å². The molecular formula is C43H74O3Si2. The van der Waals surface area contributed by atoms with Crippen molar-refractivity contribution in [2.75, 3.05) is 0 Å². The van der Waals surface area contributed by atoms with Crippen molar-refractivity contribution in [2.24, 2.45) is 28.6 Å². The van der Waals surface area contributed by atoms with Crippen LogP contribution in [0.3, 0.4) is 0 Å². The molecule has 0 unspecified atom stereocenters. The first-order chi connectivity index (χ1) is 22.1. The zero-order valence-corrected chi connectivity index (χ0v) is 35.6. The first-order valence-electron chi connectivity index (χ1n) is 19.7. The summed E-state index contributed by atoms with van der Waals surface area (Å²) < 4.78 is 14.2. The summed E-state index contributed by atoms with van der Waals surface area (Å²) in [5.41, 5.74) is 4.40. The van der Waals surface area contributed by atoms with Gasteiger partial charge in [-0.1, -0.05) is 106 Å². The second-order valence-corrected chi connectivity index (χ2v) is 29.3. The van der Waals surface area contributed by atoms with E-state index in [1.54, 1.807) is 5.57 Å². The molecule has 4 aliphatic carbocycles. The number of carbonyl (C=O) groups is 1. The van der Waals surface area contributed by atoms with Crippen molar-refractivity contribution in [1.29, 1.82) is 0 Å². The van der Waals surface area contributed by atoms with Crippen LogP contribution in [0, 0.1) is 28.6 Å². The zero-order chi connectivity index (χ0) is 35.9. The highest BCUT2D eigenvalue weighted by Gasteiger charge is 2.51. The second-order valence-electron chi connectivity index (χ2n) is 19.8. The average molecular weight is 695 g/mol. The first kappa shape index (κ1) is 39.8. The summed E-state index contributed by atoms with van der Waals surface area (Å²) in [5.74, 6) is 2.08. The van der Waals surface area contributed by atoms with Gasteiger partial charge in [0.25, 0.3) is 0 Å². The molecular weight excluding hydrogens is 621 g/mol. The molecule has 0 aromatic rings. The van der Waals surface area contributed by atoms with Crippen molar-refractivity contribution in [3.05, 3.63) is 47.6 Å². The molecule has 0 aliphatic heterocycles. The van der Waals surface area contributed by atoms with E-state index < -0.39 is 16.6 Å².